The van der Waals surface area contributed by atoms with Crippen LogP contribution in [-0.4, -0.2) is 26.6 Å². The van der Waals surface area contributed by atoms with Gasteiger partial charge in [0.2, 0.25) is 15.9 Å². The molecule has 1 fully saturated rings. The third-order valence-corrected chi connectivity index (χ3v) is 6.03. The second-order valence-electron chi connectivity index (χ2n) is 5.50. The molecule has 0 radical (unpaired) electrons. The molecule has 7 heteroatoms. The monoisotopic (exact) mass is 321 g/mol. The molecule has 0 bridgehead atoms. The van der Waals surface area contributed by atoms with E-state index >= 15 is 0 Å². The first-order valence-electron chi connectivity index (χ1n) is 6.43. The second-order valence-corrected chi connectivity index (χ2v) is 7.88. The van der Waals surface area contributed by atoms with Gasteiger partial charge in [0.05, 0.1) is 11.4 Å². The number of hydrogen-bond acceptors (Lipinski definition) is 2. The Morgan fingerprint density at radius 2 is 2.05 bits per heavy atom. The van der Waals surface area contributed by atoms with E-state index in [9.17, 15) is 17.2 Å². The fraction of sp³-hybridized carbons (Fsp3) is 0.538. The van der Waals surface area contributed by atoms with Crippen LogP contribution in [0.25, 0.3) is 0 Å². The molecule has 110 valence electrons. The minimum atomic E-state index is -3.54. The van der Waals surface area contributed by atoms with Gasteiger partial charge in [-0.3, -0.25) is 4.31 Å². The first kappa shape index (κ1) is 14.1. The van der Waals surface area contributed by atoms with E-state index in [4.69, 9.17) is 11.6 Å². The van der Waals surface area contributed by atoms with Crippen molar-refractivity contribution in [1.29, 1.82) is 0 Å². The van der Waals surface area contributed by atoms with Crippen LogP contribution in [0, 0.1) is 5.92 Å². The molecule has 3 rings (SSSR count). The Hall–Kier alpha value is -0.880. The Morgan fingerprint density at radius 1 is 1.35 bits per heavy atom. The highest BCUT2D eigenvalue weighted by Gasteiger charge is 2.47. The van der Waals surface area contributed by atoms with Crippen LogP contribution >= 0.6 is 11.6 Å². The third-order valence-electron chi connectivity index (χ3n) is 3.85. The van der Waals surface area contributed by atoms with Gasteiger partial charge in [0.1, 0.15) is 0 Å². The highest BCUT2D eigenvalue weighted by molar-refractivity contribution is 7.92. The van der Waals surface area contributed by atoms with Gasteiger partial charge in [-0.05, 0) is 36.1 Å². The van der Waals surface area contributed by atoms with Gasteiger partial charge in [0.25, 0.3) is 0 Å². The van der Waals surface area contributed by atoms with Gasteiger partial charge >= 0.3 is 0 Å². The molecule has 1 heterocycles. The van der Waals surface area contributed by atoms with Crippen molar-refractivity contribution in [3.05, 3.63) is 28.8 Å². The molecule has 2 aliphatic rings. The van der Waals surface area contributed by atoms with Gasteiger partial charge in [-0.15, -0.1) is 0 Å². The number of anilines is 1. The van der Waals surface area contributed by atoms with Crippen molar-refractivity contribution in [2.45, 2.75) is 25.2 Å². The fourth-order valence-electron chi connectivity index (χ4n) is 2.92. The van der Waals surface area contributed by atoms with Gasteiger partial charge in [0.15, 0.2) is 0 Å². The molecule has 0 saturated heterocycles. The molecule has 1 saturated carbocycles. The van der Waals surface area contributed by atoms with Gasteiger partial charge in [-0.2, -0.15) is 0 Å². The van der Waals surface area contributed by atoms with E-state index in [1.54, 1.807) is 18.2 Å². The number of fused-ring (bicyclic) bond motifs is 1. The van der Waals surface area contributed by atoms with Gasteiger partial charge in [0, 0.05) is 24.4 Å². The van der Waals surface area contributed by atoms with Crippen LogP contribution < -0.4 is 4.31 Å². The van der Waals surface area contributed by atoms with Gasteiger partial charge < -0.3 is 0 Å². The lowest BCUT2D eigenvalue weighted by Crippen LogP contribution is -2.42. The SMILES string of the molecule is O=S(=O)(CC1CC(F)(F)C1)N1CCc2cc(Cl)ccc21. The number of nitrogens with zero attached hydrogens (tertiary/aromatic N) is 1. The number of halogens is 3. The van der Waals surface area contributed by atoms with Crippen molar-refractivity contribution in [1.82, 2.24) is 0 Å². The van der Waals surface area contributed by atoms with Crippen LogP contribution in [0.15, 0.2) is 18.2 Å². The van der Waals surface area contributed by atoms with Crippen molar-refractivity contribution < 1.29 is 17.2 Å². The minimum Gasteiger partial charge on any atom is -0.270 e. The lowest BCUT2D eigenvalue weighted by molar-refractivity contribution is -0.103. The van der Waals surface area contributed by atoms with E-state index in [1.165, 1.54) is 4.31 Å². The Labute approximate surface area is 121 Å². The molecular formula is C13H14ClF2NO2S. The van der Waals surface area contributed by atoms with E-state index in [0.29, 0.717) is 23.7 Å². The molecule has 0 aromatic heterocycles. The van der Waals surface area contributed by atoms with E-state index in [-0.39, 0.29) is 18.6 Å². The molecule has 0 atom stereocenters. The highest BCUT2D eigenvalue weighted by Crippen LogP contribution is 2.44. The first-order valence-corrected chi connectivity index (χ1v) is 8.42. The number of benzene rings is 1. The number of hydrogen-bond donors (Lipinski definition) is 0. The maximum Gasteiger partial charge on any atom is 0.248 e. The highest BCUT2D eigenvalue weighted by atomic mass is 35.5. The summed E-state index contributed by atoms with van der Waals surface area (Å²) in [6, 6.07) is 5.08. The third kappa shape index (κ3) is 2.51. The predicted molar refractivity (Wildman–Crippen MR) is 74.0 cm³/mol. The molecule has 0 amide bonds. The van der Waals surface area contributed by atoms with Crippen LogP contribution in [0.2, 0.25) is 5.02 Å². The van der Waals surface area contributed by atoms with Crippen LogP contribution in [0.1, 0.15) is 18.4 Å². The van der Waals surface area contributed by atoms with Gasteiger partial charge in [-0.25, -0.2) is 17.2 Å². The number of sulfonamides is 1. The maximum absolute atomic E-state index is 12.8. The molecule has 0 unspecified atom stereocenters. The number of rotatable bonds is 3. The second kappa shape index (κ2) is 4.56. The maximum atomic E-state index is 12.8. The van der Waals surface area contributed by atoms with E-state index in [2.05, 4.69) is 0 Å². The van der Waals surface area contributed by atoms with Gasteiger partial charge in [-0.1, -0.05) is 11.6 Å². The molecule has 1 aromatic carbocycles. The largest absolute Gasteiger partial charge is 0.270 e. The Morgan fingerprint density at radius 3 is 2.70 bits per heavy atom. The molecule has 1 aliphatic carbocycles. The van der Waals surface area contributed by atoms with Crippen LogP contribution in [0.4, 0.5) is 14.5 Å². The quantitative estimate of drug-likeness (QED) is 0.858. The molecule has 0 N–H and O–H groups in total. The fourth-order valence-corrected chi connectivity index (χ4v) is 4.97. The molecule has 1 aliphatic heterocycles. The summed E-state index contributed by atoms with van der Waals surface area (Å²) in [6.45, 7) is 0.362. The van der Waals surface area contributed by atoms with Crippen molar-refractivity contribution in [3.63, 3.8) is 0 Å². The van der Waals surface area contributed by atoms with E-state index < -0.39 is 21.9 Å². The minimum absolute atomic E-state index is 0.204. The lowest BCUT2D eigenvalue weighted by atomic mass is 9.83. The molecule has 0 spiro atoms. The van der Waals surface area contributed by atoms with Crippen molar-refractivity contribution in [2.75, 3.05) is 16.6 Å². The molecule has 1 aromatic rings. The Kier molecular flexibility index (Phi) is 3.21. The summed E-state index contributed by atoms with van der Waals surface area (Å²) in [5.74, 6) is -3.33. The summed E-state index contributed by atoms with van der Waals surface area (Å²) < 4.78 is 51.6. The summed E-state index contributed by atoms with van der Waals surface area (Å²) in [5, 5.41) is 0.571. The van der Waals surface area contributed by atoms with Crippen LogP contribution in [-0.2, 0) is 16.4 Å². The van der Waals surface area contributed by atoms with E-state index in [1.807, 2.05) is 0 Å². The molecule has 3 nitrogen and oxygen atoms in total. The smallest absolute Gasteiger partial charge is 0.248 e. The van der Waals surface area contributed by atoms with Crippen LogP contribution in [0.3, 0.4) is 0 Å². The van der Waals surface area contributed by atoms with Crippen molar-refractivity contribution in [2.24, 2.45) is 5.92 Å². The average Bonchev–Trinajstić information content (AvgIpc) is 2.69. The normalized spacial score (nSPS) is 21.6. The Bertz CT molecular complexity index is 640. The molecular weight excluding hydrogens is 308 g/mol. The summed E-state index contributed by atoms with van der Waals surface area (Å²) in [5.41, 5.74) is 1.51. The summed E-state index contributed by atoms with van der Waals surface area (Å²) in [4.78, 5) is 0. The molecule has 20 heavy (non-hydrogen) atoms. The predicted octanol–water partition coefficient (Wildman–Crippen LogP) is 3.08. The van der Waals surface area contributed by atoms with Crippen molar-refractivity contribution in [3.8, 4) is 0 Å². The van der Waals surface area contributed by atoms with E-state index in [0.717, 1.165) is 5.56 Å². The lowest BCUT2D eigenvalue weighted by Gasteiger charge is -2.35. The zero-order chi connectivity index (χ0) is 14.5. The van der Waals surface area contributed by atoms with Crippen molar-refractivity contribution >= 4 is 27.3 Å². The zero-order valence-corrected chi connectivity index (χ0v) is 12.2. The topological polar surface area (TPSA) is 37.4 Å². The number of alkyl halides is 2. The Balaban J connectivity index is 1.77. The standard InChI is InChI=1S/C13H14ClF2NO2S/c14-11-1-2-12-10(5-11)3-4-17(12)20(18,19)8-9-6-13(15,16)7-9/h1-2,5,9H,3-4,6-8H2. The zero-order valence-electron chi connectivity index (χ0n) is 10.7. The summed E-state index contributed by atoms with van der Waals surface area (Å²) in [7, 11) is -3.54. The van der Waals surface area contributed by atoms with Crippen LogP contribution in [0.5, 0.6) is 0 Å². The first-order chi connectivity index (χ1) is 9.27. The summed E-state index contributed by atoms with van der Waals surface area (Å²) in [6.07, 6.45) is -0.0446. The average molecular weight is 322 g/mol. The summed E-state index contributed by atoms with van der Waals surface area (Å²) >= 11 is 5.88.